The molecule has 1 aliphatic carbocycles. The largest absolute Gasteiger partial charge is 0.462 e. The highest BCUT2D eigenvalue weighted by molar-refractivity contribution is 6.50. The van der Waals surface area contributed by atoms with Crippen LogP contribution in [0, 0.1) is 5.92 Å². The number of carbonyl (C=O) groups excluding carboxylic acids is 2. The van der Waals surface area contributed by atoms with Gasteiger partial charge in [-0.1, -0.05) is 30.3 Å². The van der Waals surface area contributed by atoms with E-state index in [4.69, 9.17) is 27.9 Å². The number of alkyl halides is 2. The maximum Gasteiger partial charge on any atom is 0.340 e. The van der Waals surface area contributed by atoms with Gasteiger partial charge in [0.15, 0.2) is 0 Å². The Balaban J connectivity index is 1.68. The molecule has 0 spiro atoms. The molecule has 0 bridgehead atoms. The zero-order valence-electron chi connectivity index (χ0n) is 12.7. The van der Waals surface area contributed by atoms with Crippen LogP contribution < -0.4 is 5.32 Å². The van der Waals surface area contributed by atoms with Gasteiger partial charge in [0.1, 0.15) is 4.33 Å². The number of ether oxygens (including phenoxy) is 1. The number of para-hydroxylation sites is 1. The van der Waals surface area contributed by atoms with Crippen molar-refractivity contribution in [3.8, 4) is 0 Å². The van der Waals surface area contributed by atoms with Crippen molar-refractivity contribution in [2.75, 3.05) is 11.9 Å². The number of hydrogen-bond donors (Lipinski definition) is 1. The molecule has 6 heteroatoms. The standard InChI is InChI=1S/C18H15Cl2NO3/c19-18(20)10-13(18)11-24-17(23)14-8-4-5-9-15(14)21-16(22)12-6-2-1-3-7-12/h1-9,13H,10-11H2,(H,21,22)/t13-/m0/s1. The van der Waals surface area contributed by atoms with E-state index in [1.165, 1.54) is 0 Å². The van der Waals surface area contributed by atoms with Crippen LogP contribution in [0.25, 0.3) is 0 Å². The van der Waals surface area contributed by atoms with Crippen LogP contribution in [0.4, 0.5) is 5.69 Å². The van der Waals surface area contributed by atoms with Gasteiger partial charge >= 0.3 is 5.97 Å². The van der Waals surface area contributed by atoms with Crippen molar-refractivity contribution in [1.29, 1.82) is 0 Å². The van der Waals surface area contributed by atoms with Crippen LogP contribution in [-0.4, -0.2) is 22.8 Å². The first kappa shape index (κ1) is 16.8. The Morgan fingerprint density at radius 1 is 1.08 bits per heavy atom. The Bertz CT molecular complexity index is 762. The minimum absolute atomic E-state index is 0.0455. The third-order valence-electron chi connectivity index (χ3n) is 3.80. The minimum atomic E-state index is -0.790. The third kappa shape index (κ3) is 3.89. The van der Waals surface area contributed by atoms with Gasteiger partial charge in [0.25, 0.3) is 5.91 Å². The van der Waals surface area contributed by atoms with Gasteiger partial charge in [-0.3, -0.25) is 4.79 Å². The molecule has 24 heavy (non-hydrogen) atoms. The second-order valence-electron chi connectivity index (χ2n) is 5.63. The number of nitrogens with one attached hydrogen (secondary N) is 1. The van der Waals surface area contributed by atoms with Gasteiger partial charge in [0.05, 0.1) is 17.9 Å². The first-order valence-corrected chi connectivity index (χ1v) is 8.23. The van der Waals surface area contributed by atoms with Gasteiger partial charge in [-0.15, -0.1) is 23.2 Å². The normalized spacial score (nSPS) is 17.8. The molecule has 2 aromatic rings. The van der Waals surface area contributed by atoms with Gasteiger partial charge in [-0.2, -0.15) is 0 Å². The third-order valence-corrected chi connectivity index (χ3v) is 4.73. The Labute approximate surface area is 149 Å². The Kier molecular flexibility index (Phi) is 4.78. The summed E-state index contributed by atoms with van der Waals surface area (Å²) in [4.78, 5) is 24.5. The average molecular weight is 364 g/mol. The number of carbonyl (C=O) groups is 2. The van der Waals surface area contributed by atoms with E-state index in [2.05, 4.69) is 5.32 Å². The molecule has 0 radical (unpaired) electrons. The predicted octanol–water partition coefficient (Wildman–Crippen LogP) is 4.29. The van der Waals surface area contributed by atoms with Crippen LogP contribution in [0.1, 0.15) is 27.1 Å². The maximum atomic E-state index is 12.3. The summed E-state index contributed by atoms with van der Waals surface area (Å²) in [7, 11) is 0. The molecule has 3 rings (SSSR count). The van der Waals surface area contributed by atoms with Gasteiger partial charge in [-0.05, 0) is 30.7 Å². The second-order valence-corrected chi connectivity index (χ2v) is 7.17. The summed E-state index contributed by atoms with van der Waals surface area (Å²) in [5, 5.41) is 2.74. The number of esters is 1. The van der Waals surface area contributed by atoms with Gasteiger partial charge in [0.2, 0.25) is 0 Å². The van der Waals surface area contributed by atoms with Crippen molar-refractivity contribution in [2.45, 2.75) is 10.8 Å². The number of amides is 1. The summed E-state index contributed by atoms with van der Waals surface area (Å²) in [6, 6.07) is 15.5. The van der Waals surface area contributed by atoms with Crippen LogP contribution in [0.5, 0.6) is 0 Å². The zero-order chi connectivity index (χ0) is 17.2. The Hall–Kier alpha value is -2.04. The molecule has 0 saturated heterocycles. The van der Waals surface area contributed by atoms with Gasteiger partial charge in [-0.25, -0.2) is 4.79 Å². The van der Waals surface area contributed by atoms with Crippen LogP contribution in [0.3, 0.4) is 0 Å². The average Bonchev–Trinajstić information content (AvgIpc) is 3.21. The molecule has 0 aliphatic heterocycles. The van der Waals surface area contributed by atoms with Crippen molar-refractivity contribution < 1.29 is 14.3 Å². The summed E-state index contributed by atoms with van der Waals surface area (Å²) >= 11 is 11.8. The maximum absolute atomic E-state index is 12.3. The van der Waals surface area contributed by atoms with E-state index in [9.17, 15) is 9.59 Å². The molecule has 1 saturated carbocycles. The van der Waals surface area contributed by atoms with Gasteiger partial charge < -0.3 is 10.1 Å². The van der Waals surface area contributed by atoms with E-state index >= 15 is 0 Å². The molecular weight excluding hydrogens is 349 g/mol. The Morgan fingerprint density at radius 3 is 2.38 bits per heavy atom. The van der Waals surface area contributed by atoms with Crippen molar-refractivity contribution in [3.05, 3.63) is 65.7 Å². The highest BCUT2D eigenvalue weighted by Gasteiger charge is 2.52. The van der Waals surface area contributed by atoms with Crippen LogP contribution >= 0.6 is 23.2 Å². The number of anilines is 1. The van der Waals surface area contributed by atoms with E-state index in [0.29, 0.717) is 17.7 Å². The lowest BCUT2D eigenvalue weighted by Gasteiger charge is -2.11. The van der Waals surface area contributed by atoms with E-state index in [1.807, 2.05) is 6.07 Å². The van der Waals surface area contributed by atoms with Crippen LogP contribution in [0.2, 0.25) is 0 Å². The summed E-state index contributed by atoms with van der Waals surface area (Å²) in [5.41, 5.74) is 1.19. The van der Waals surface area contributed by atoms with Crippen molar-refractivity contribution in [3.63, 3.8) is 0 Å². The molecule has 1 atom stereocenters. The molecular formula is C18H15Cl2NO3. The fraction of sp³-hybridized carbons (Fsp3) is 0.222. The highest BCUT2D eigenvalue weighted by Crippen LogP contribution is 2.53. The quantitative estimate of drug-likeness (QED) is 0.636. The van der Waals surface area contributed by atoms with E-state index in [0.717, 1.165) is 0 Å². The topological polar surface area (TPSA) is 55.4 Å². The lowest BCUT2D eigenvalue weighted by molar-refractivity contribution is 0.0486. The summed E-state index contributed by atoms with van der Waals surface area (Å²) in [5.74, 6) is -0.857. The van der Waals surface area contributed by atoms with Crippen molar-refractivity contribution in [2.24, 2.45) is 5.92 Å². The van der Waals surface area contributed by atoms with Crippen LogP contribution in [-0.2, 0) is 4.74 Å². The molecule has 4 nitrogen and oxygen atoms in total. The predicted molar refractivity (Wildman–Crippen MR) is 93.7 cm³/mol. The smallest absolute Gasteiger partial charge is 0.340 e. The minimum Gasteiger partial charge on any atom is -0.462 e. The molecule has 2 aromatic carbocycles. The van der Waals surface area contributed by atoms with E-state index in [-0.39, 0.29) is 24.0 Å². The molecule has 1 N–H and O–H groups in total. The molecule has 0 unspecified atom stereocenters. The first-order valence-electron chi connectivity index (χ1n) is 7.48. The summed E-state index contributed by atoms with van der Waals surface area (Å²) in [6.45, 7) is 0.160. The molecule has 124 valence electrons. The fourth-order valence-corrected chi connectivity index (χ4v) is 2.76. The lowest BCUT2D eigenvalue weighted by atomic mass is 10.1. The fourth-order valence-electron chi connectivity index (χ4n) is 2.26. The molecule has 1 aliphatic rings. The van der Waals surface area contributed by atoms with E-state index < -0.39 is 10.3 Å². The summed E-state index contributed by atoms with van der Waals surface area (Å²) in [6.07, 6.45) is 0.607. The monoisotopic (exact) mass is 363 g/mol. The van der Waals surface area contributed by atoms with Crippen LogP contribution in [0.15, 0.2) is 54.6 Å². The number of benzene rings is 2. The number of halogens is 2. The zero-order valence-corrected chi connectivity index (χ0v) is 14.2. The van der Waals surface area contributed by atoms with E-state index in [1.54, 1.807) is 48.5 Å². The second kappa shape index (κ2) is 6.83. The van der Waals surface area contributed by atoms with Crippen molar-refractivity contribution >= 4 is 40.8 Å². The summed E-state index contributed by atoms with van der Waals surface area (Å²) < 4.78 is 4.47. The molecule has 0 aromatic heterocycles. The SMILES string of the molecule is O=C(Nc1ccccc1C(=O)OC[C@@H]1CC1(Cl)Cl)c1ccccc1. The number of hydrogen-bond acceptors (Lipinski definition) is 3. The Morgan fingerprint density at radius 2 is 1.71 bits per heavy atom. The lowest BCUT2D eigenvalue weighted by Crippen LogP contribution is -2.16. The first-order chi connectivity index (χ1) is 11.5. The van der Waals surface area contributed by atoms with Gasteiger partial charge in [0, 0.05) is 11.5 Å². The number of rotatable bonds is 5. The molecule has 1 amide bonds. The molecule has 1 fully saturated rings. The highest BCUT2D eigenvalue weighted by atomic mass is 35.5. The molecule has 0 heterocycles. The van der Waals surface area contributed by atoms with Crippen molar-refractivity contribution in [1.82, 2.24) is 0 Å².